The number of rotatable bonds is 5. The van der Waals surface area contributed by atoms with E-state index in [1.807, 2.05) is 4.90 Å². The normalized spacial score (nSPS) is 14.8. The standard InChI is InChI=1S/C18H24N2O3/c1-13-3-4-16-15(11-13)14-5-7-20(8-6-17(14)19-16)18(21)12-23-10-9-22-2/h3-4,11,19H,5-10,12H2,1-2H3. The van der Waals surface area contributed by atoms with Gasteiger partial charge in [0.2, 0.25) is 5.91 Å². The van der Waals surface area contributed by atoms with E-state index in [2.05, 4.69) is 30.1 Å². The number of H-pyrrole nitrogens is 1. The molecule has 1 aliphatic heterocycles. The fourth-order valence-electron chi connectivity index (χ4n) is 3.16. The Hall–Kier alpha value is -1.85. The predicted octanol–water partition coefficient (Wildman–Crippen LogP) is 2.07. The number of hydrogen-bond donors (Lipinski definition) is 1. The molecular formula is C18H24N2O3. The van der Waals surface area contributed by atoms with Crippen LogP contribution in [0.25, 0.3) is 10.9 Å². The van der Waals surface area contributed by atoms with Crippen molar-refractivity contribution in [2.45, 2.75) is 19.8 Å². The minimum atomic E-state index is 0.0618. The molecule has 2 heterocycles. The van der Waals surface area contributed by atoms with E-state index >= 15 is 0 Å². The Morgan fingerprint density at radius 3 is 2.91 bits per heavy atom. The summed E-state index contributed by atoms with van der Waals surface area (Å²) in [5, 5.41) is 1.30. The molecule has 5 nitrogen and oxygen atoms in total. The van der Waals surface area contributed by atoms with E-state index in [1.165, 1.54) is 27.7 Å². The highest BCUT2D eigenvalue weighted by molar-refractivity contribution is 5.86. The Morgan fingerprint density at radius 1 is 1.26 bits per heavy atom. The monoisotopic (exact) mass is 316 g/mol. The molecule has 0 spiro atoms. The number of amides is 1. The number of ether oxygens (including phenoxy) is 2. The van der Waals surface area contributed by atoms with E-state index in [0.717, 1.165) is 25.9 Å². The van der Waals surface area contributed by atoms with Gasteiger partial charge in [-0.3, -0.25) is 4.79 Å². The van der Waals surface area contributed by atoms with Crippen molar-refractivity contribution in [3.8, 4) is 0 Å². The van der Waals surface area contributed by atoms with Crippen molar-refractivity contribution in [2.75, 3.05) is 40.0 Å². The molecular weight excluding hydrogens is 292 g/mol. The minimum Gasteiger partial charge on any atom is -0.382 e. The molecule has 23 heavy (non-hydrogen) atoms. The summed E-state index contributed by atoms with van der Waals surface area (Å²) in [6.07, 6.45) is 1.76. The summed E-state index contributed by atoms with van der Waals surface area (Å²) in [6, 6.07) is 6.51. The first-order valence-electron chi connectivity index (χ1n) is 8.13. The zero-order valence-corrected chi connectivity index (χ0v) is 13.9. The van der Waals surface area contributed by atoms with E-state index in [0.29, 0.717) is 13.2 Å². The second-order valence-electron chi connectivity index (χ2n) is 6.06. The highest BCUT2D eigenvalue weighted by atomic mass is 16.5. The molecule has 0 unspecified atom stereocenters. The molecule has 0 atom stereocenters. The van der Waals surface area contributed by atoms with E-state index in [1.54, 1.807) is 7.11 Å². The zero-order chi connectivity index (χ0) is 16.2. The lowest BCUT2D eigenvalue weighted by atomic mass is 10.1. The average Bonchev–Trinajstić information content (AvgIpc) is 2.75. The minimum absolute atomic E-state index is 0.0618. The van der Waals surface area contributed by atoms with Crippen LogP contribution in [-0.4, -0.2) is 55.8 Å². The summed E-state index contributed by atoms with van der Waals surface area (Å²) >= 11 is 0. The van der Waals surface area contributed by atoms with Crippen LogP contribution in [0.4, 0.5) is 0 Å². The lowest BCUT2D eigenvalue weighted by Crippen LogP contribution is -2.36. The molecule has 1 aliphatic rings. The van der Waals surface area contributed by atoms with Crippen molar-refractivity contribution in [1.82, 2.24) is 9.88 Å². The molecule has 2 aromatic rings. The number of aryl methyl sites for hydroxylation is 1. The van der Waals surface area contributed by atoms with Crippen LogP contribution in [0.15, 0.2) is 18.2 Å². The topological polar surface area (TPSA) is 54.6 Å². The number of carbonyl (C=O) groups excluding carboxylic acids is 1. The number of nitrogens with zero attached hydrogens (tertiary/aromatic N) is 1. The maximum absolute atomic E-state index is 12.3. The Bertz CT molecular complexity index is 693. The van der Waals surface area contributed by atoms with E-state index in [-0.39, 0.29) is 12.5 Å². The number of benzene rings is 1. The molecule has 0 bridgehead atoms. The fourth-order valence-corrected chi connectivity index (χ4v) is 3.16. The fraction of sp³-hybridized carbons (Fsp3) is 0.500. The molecule has 0 fully saturated rings. The summed E-state index contributed by atoms with van der Waals surface area (Å²) in [4.78, 5) is 17.7. The number of carbonyl (C=O) groups is 1. The number of hydrogen-bond acceptors (Lipinski definition) is 3. The number of aromatic amines is 1. The van der Waals surface area contributed by atoms with Crippen LogP contribution in [-0.2, 0) is 27.1 Å². The van der Waals surface area contributed by atoms with Crippen LogP contribution < -0.4 is 0 Å². The summed E-state index contributed by atoms with van der Waals surface area (Å²) in [6.45, 7) is 4.72. The van der Waals surface area contributed by atoms with Crippen LogP contribution in [0.2, 0.25) is 0 Å². The van der Waals surface area contributed by atoms with Crippen LogP contribution in [0.5, 0.6) is 0 Å². The molecule has 124 valence electrons. The third-order valence-corrected chi connectivity index (χ3v) is 4.42. The van der Waals surface area contributed by atoms with Gasteiger partial charge < -0.3 is 19.4 Å². The van der Waals surface area contributed by atoms with Gasteiger partial charge in [0, 0.05) is 43.2 Å². The molecule has 1 aromatic carbocycles. The van der Waals surface area contributed by atoms with Gasteiger partial charge in [0.15, 0.2) is 0 Å². The summed E-state index contributed by atoms with van der Waals surface area (Å²) in [7, 11) is 1.62. The van der Waals surface area contributed by atoms with Crippen molar-refractivity contribution in [2.24, 2.45) is 0 Å². The lowest BCUT2D eigenvalue weighted by molar-refractivity contribution is -0.136. The number of fused-ring (bicyclic) bond motifs is 3. The molecule has 0 aliphatic carbocycles. The summed E-state index contributed by atoms with van der Waals surface area (Å²) in [5.74, 6) is 0.0618. The molecule has 1 amide bonds. The highest BCUT2D eigenvalue weighted by Crippen LogP contribution is 2.26. The van der Waals surface area contributed by atoms with Crippen molar-refractivity contribution in [3.05, 3.63) is 35.0 Å². The Kier molecular flexibility index (Phi) is 4.98. The van der Waals surface area contributed by atoms with Gasteiger partial charge in [0.25, 0.3) is 0 Å². The second-order valence-corrected chi connectivity index (χ2v) is 6.06. The molecule has 1 aromatic heterocycles. The van der Waals surface area contributed by atoms with E-state index < -0.39 is 0 Å². The van der Waals surface area contributed by atoms with Gasteiger partial charge in [-0.05, 0) is 31.0 Å². The molecule has 0 saturated heterocycles. The maximum atomic E-state index is 12.3. The van der Waals surface area contributed by atoms with Crippen molar-refractivity contribution >= 4 is 16.8 Å². The van der Waals surface area contributed by atoms with Crippen molar-refractivity contribution < 1.29 is 14.3 Å². The van der Waals surface area contributed by atoms with Crippen LogP contribution >= 0.6 is 0 Å². The third kappa shape index (κ3) is 3.57. The Balaban J connectivity index is 1.66. The Labute approximate surface area is 136 Å². The average molecular weight is 316 g/mol. The van der Waals surface area contributed by atoms with Gasteiger partial charge in [-0.15, -0.1) is 0 Å². The largest absolute Gasteiger partial charge is 0.382 e. The molecule has 0 saturated carbocycles. The van der Waals surface area contributed by atoms with Crippen molar-refractivity contribution in [3.63, 3.8) is 0 Å². The summed E-state index contributed by atoms with van der Waals surface area (Å²) < 4.78 is 10.3. The van der Waals surface area contributed by atoms with E-state index in [9.17, 15) is 4.79 Å². The highest BCUT2D eigenvalue weighted by Gasteiger charge is 2.21. The summed E-state index contributed by atoms with van der Waals surface area (Å²) in [5.41, 5.74) is 5.09. The first-order chi connectivity index (χ1) is 11.2. The van der Waals surface area contributed by atoms with Gasteiger partial charge in [-0.1, -0.05) is 11.6 Å². The molecule has 5 heteroatoms. The lowest BCUT2D eigenvalue weighted by Gasteiger charge is -2.20. The zero-order valence-electron chi connectivity index (χ0n) is 13.9. The smallest absolute Gasteiger partial charge is 0.248 e. The third-order valence-electron chi connectivity index (χ3n) is 4.42. The first kappa shape index (κ1) is 16.0. The van der Waals surface area contributed by atoms with Gasteiger partial charge in [-0.25, -0.2) is 0 Å². The van der Waals surface area contributed by atoms with E-state index in [4.69, 9.17) is 9.47 Å². The second kappa shape index (κ2) is 7.15. The maximum Gasteiger partial charge on any atom is 0.248 e. The van der Waals surface area contributed by atoms with Gasteiger partial charge in [0.1, 0.15) is 6.61 Å². The quantitative estimate of drug-likeness (QED) is 0.859. The number of nitrogens with one attached hydrogen (secondary N) is 1. The van der Waals surface area contributed by atoms with Gasteiger partial charge in [0.05, 0.1) is 13.2 Å². The van der Waals surface area contributed by atoms with Crippen LogP contribution in [0, 0.1) is 6.92 Å². The SMILES string of the molecule is COCCOCC(=O)N1CCc2[nH]c3ccc(C)cc3c2CC1. The van der Waals surface area contributed by atoms with Crippen LogP contribution in [0.3, 0.4) is 0 Å². The van der Waals surface area contributed by atoms with Gasteiger partial charge in [-0.2, -0.15) is 0 Å². The van der Waals surface area contributed by atoms with Gasteiger partial charge >= 0.3 is 0 Å². The molecule has 0 radical (unpaired) electrons. The number of methoxy groups -OCH3 is 1. The molecule has 1 N–H and O–H groups in total. The Morgan fingerprint density at radius 2 is 2.09 bits per heavy atom. The van der Waals surface area contributed by atoms with Crippen molar-refractivity contribution in [1.29, 1.82) is 0 Å². The van der Waals surface area contributed by atoms with Crippen LogP contribution in [0.1, 0.15) is 16.8 Å². The predicted molar refractivity (Wildman–Crippen MR) is 89.7 cm³/mol. The number of aromatic nitrogens is 1. The first-order valence-corrected chi connectivity index (χ1v) is 8.13. The molecule has 3 rings (SSSR count).